The van der Waals surface area contributed by atoms with Crippen molar-refractivity contribution >= 4 is 50.4 Å². The van der Waals surface area contributed by atoms with E-state index < -0.39 is 0 Å². The number of hydrogen-bond acceptors (Lipinski definition) is 4. The van der Waals surface area contributed by atoms with Gasteiger partial charge in [-0.05, 0) is 11.6 Å². The zero-order chi connectivity index (χ0) is 15.1. The smallest absolute Gasteiger partial charge is 0.180 e. The lowest BCUT2D eigenvalue weighted by Gasteiger charge is -2.02. The van der Waals surface area contributed by atoms with Crippen molar-refractivity contribution in [2.24, 2.45) is 0 Å². The third-order valence-electron chi connectivity index (χ3n) is 3.51. The molecule has 4 rings (SSSR count). The van der Waals surface area contributed by atoms with Crippen molar-refractivity contribution in [1.82, 2.24) is 12.7 Å². The van der Waals surface area contributed by atoms with Crippen molar-refractivity contribution in [3.63, 3.8) is 0 Å². The molecule has 0 amide bonds. The molecule has 2 N–H and O–H groups in total. The van der Waals surface area contributed by atoms with Crippen molar-refractivity contribution in [3.05, 3.63) is 54.2 Å². The van der Waals surface area contributed by atoms with Crippen LogP contribution in [0.2, 0.25) is 0 Å². The summed E-state index contributed by atoms with van der Waals surface area (Å²) in [4.78, 5) is 9.01. The molecule has 0 saturated carbocycles. The molecule has 6 heteroatoms. The molecule has 0 fully saturated rings. The van der Waals surface area contributed by atoms with Gasteiger partial charge in [0, 0.05) is 34.3 Å². The maximum atomic E-state index is 5.77. The predicted octanol–water partition coefficient (Wildman–Crippen LogP) is 4.61. The zero-order valence-electron chi connectivity index (χ0n) is 11.4. The number of benzene rings is 1. The largest absolute Gasteiger partial charge is 0.375 e. The normalized spacial score (nSPS) is 11.1. The summed E-state index contributed by atoms with van der Waals surface area (Å²) in [5.74, 6) is 0. The number of anilines is 1. The number of halogens is 1. The molecule has 0 aliphatic carbocycles. The second kappa shape index (κ2) is 5.36. The van der Waals surface area contributed by atoms with Crippen molar-refractivity contribution in [1.29, 1.82) is 0 Å². The van der Waals surface area contributed by atoms with Gasteiger partial charge in [-0.15, -0.1) is 11.3 Å². The second-order valence-corrected chi connectivity index (χ2v) is 6.82. The summed E-state index contributed by atoms with van der Waals surface area (Å²) >= 11 is 3.69. The predicted molar refractivity (Wildman–Crippen MR) is 100 cm³/mol. The van der Waals surface area contributed by atoms with E-state index >= 15 is 0 Å². The number of rotatable bonds is 2. The van der Waals surface area contributed by atoms with Gasteiger partial charge >= 0.3 is 0 Å². The average molecular weight is 418 g/mol. The zero-order valence-corrected chi connectivity index (χ0v) is 14.4. The molecular weight excluding hydrogens is 407 g/mol. The second-order valence-electron chi connectivity index (χ2n) is 4.89. The van der Waals surface area contributed by atoms with Crippen molar-refractivity contribution in [2.45, 2.75) is 0 Å². The molecule has 22 heavy (non-hydrogen) atoms. The maximum absolute atomic E-state index is 5.77. The van der Waals surface area contributed by atoms with Gasteiger partial charge in [0.2, 0.25) is 0 Å². The minimum absolute atomic E-state index is 0.580. The highest BCUT2D eigenvalue weighted by atomic mass is 127. The Morgan fingerprint density at radius 1 is 1.14 bits per heavy atom. The third kappa shape index (κ3) is 2.28. The summed E-state index contributed by atoms with van der Waals surface area (Å²) in [6, 6.07) is 12.4. The Bertz CT molecular complexity index is 959. The number of nitrogens with zero attached hydrogens (tertiary/aromatic N) is 3. The van der Waals surface area contributed by atoms with E-state index in [0.717, 1.165) is 33.4 Å². The lowest BCUT2D eigenvalue weighted by atomic mass is 10.1. The summed E-state index contributed by atoms with van der Waals surface area (Å²) < 4.78 is 1.99. The average Bonchev–Trinajstić information content (AvgIpc) is 3.12. The molecule has 108 valence electrons. The molecule has 0 aliphatic rings. The van der Waals surface area contributed by atoms with E-state index in [2.05, 4.69) is 51.0 Å². The van der Waals surface area contributed by atoms with Crippen LogP contribution in [0, 0.1) is 0 Å². The number of hydrogen-bond donors (Lipinski definition) is 1. The fourth-order valence-electron chi connectivity index (χ4n) is 2.47. The molecule has 3 heterocycles. The van der Waals surface area contributed by atoms with E-state index in [1.807, 2.05) is 38.8 Å². The SMILES string of the molecule is Nc1nc(-c2cn(I)c3ncc(-c4ccccc4)cc23)cs1. The molecule has 0 unspecified atom stereocenters. The number of aromatic nitrogens is 3. The van der Waals surface area contributed by atoms with Crippen LogP contribution in [0.1, 0.15) is 0 Å². The van der Waals surface area contributed by atoms with Crippen LogP contribution in [0.3, 0.4) is 0 Å². The Hall–Kier alpha value is -1.93. The van der Waals surface area contributed by atoms with Crippen LogP contribution < -0.4 is 5.73 Å². The molecule has 0 bridgehead atoms. The van der Waals surface area contributed by atoms with Crippen molar-refractivity contribution in [2.75, 3.05) is 5.73 Å². The minimum atomic E-state index is 0.580. The summed E-state index contributed by atoms with van der Waals surface area (Å²) in [7, 11) is 0. The topological polar surface area (TPSA) is 56.7 Å². The summed E-state index contributed by atoms with van der Waals surface area (Å²) in [6.45, 7) is 0. The Labute approximate surface area is 145 Å². The quantitative estimate of drug-likeness (QED) is 0.484. The molecule has 4 nitrogen and oxygen atoms in total. The number of pyridine rings is 1. The van der Waals surface area contributed by atoms with Crippen molar-refractivity contribution < 1.29 is 0 Å². The Morgan fingerprint density at radius 2 is 1.95 bits per heavy atom. The van der Waals surface area contributed by atoms with Gasteiger partial charge in [-0.25, -0.2) is 9.97 Å². The molecule has 0 spiro atoms. The van der Waals surface area contributed by atoms with Gasteiger partial charge in [0.1, 0.15) is 5.65 Å². The highest BCUT2D eigenvalue weighted by molar-refractivity contribution is 14.1. The van der Waals surface area contributed by atoms with Crippen LogP contribution in [-0.4, -0.2) is 12.7 Å². The van der Waals surface area contributed by atoms with E-state index in [-0.39, 0.29) is 0 Å². The maximum Gasteiger partial charge on any atom is 0.180 e. The van der Waals surface area contributed by atoms with Crippen LogP contribution in [0.25, 0.3) is 33.4 Å². The van der Waals surface area contributed by atoms with Gasteiger partial charge in [0.15, 0.2) is 5.13 Å². The number of nitrogen functional groups attached to an aromatic ring is 1. The Morgan fingerprint density at radius 3 is 2.68 bits per heavy atom. The first-order valence-electron chi connectivity index (χ1n) is 6.66. The van der Waals surface area contributed by atoms with E-state index in [0.29, 0.717) is 5.13 Å². The summed E-state index contributed by atoms with van der Waals surface area (Å²) in [5.41, 5.74) is 10.9. The molecule has 4 aromatic rings. The molecule has 0 saturated heterocycles. The van der Waals surface area contributed by atoms with Crippen LogP contribution in [0.15, 0.2) is 54.2 Å². The molecule has 0 atom stereocenters. The molecule has 3 aromatic heterocycles. The van der Waals surface area contributed by atoms with Crippen LogP contribution in [0.5, 0.6) is 0 Å². The highest BCUT2D eigenvalue weighted by Gasteiger charge is 2.14. The fourth-order valence-corrected chi connectivity index (χ4v) is 3.70. The van der Waals surface area contributed by atoms with Gasteiger partial charge in [-0.3, -0.25) is 2.78 Å². The molecule has 1 aromatic carbocycles. The highest BCUT2D eigenvalue weighted by Crippen LogP contribution is 2.34. The van der Waals surface area contributed by atoms with Crippen LogP contribution in [-0.2, 0) is 0 Å². The first-order chi connectivity index (χ1) is 10.7. The van der Waals surface area contributed by atoms with Crippen LogP contribution in [0.4, 0.5) is 5.13 Å². The monoisotopic (exact) mass is 418 g/mol. The molecular formula is C16H11IN4S. The Balaban J connectivity index is 1.95. The van der Waals surface area contributed by atoms with Gasteiger partial charge in [-0.2, -0.15) is 0 Å². The van der Waals surface area contributed by atoms with Gasteiger partial charge in [0.25, 0.3) is 0 Å². The lowest BCUT2D eigenvalue weighted by molar-refractivity contribution is 1.30. The summed E-state index contributed by atoms with van der Waals surface area (Å²) in [6.07, 6.45) is 3.95. The molecule has 0 aliphatic heterocycles. The first kappa shape index (κ1) is 13.7. The number of fused-ring (bicyclic) bond motifs is 1. The van der Waals surface area contributed by atoms with Gasteiger partial charge in [-0.1, -0.05) is 30.3 Å². The number of nitrogens with two attached hydrogens (primary N) is 1. The Kier molecular flexibility index (Phi) is 3.34. The lowest BCUT2D eigenvalue weighted by Crippen LogP contribution is -1.84. The van der Waals surface area contributed by atoms with E-state index in [4.69, 9.17) is 5.73 Å². The molecule has 0 radical (unpaired) electrons. The van der Waals surface area contributed by atoms with Gasteiger partial charge in [0.05, 0.1) is 28.6 Å². The van der Waals surface area contributed by atoms with Crippen molar-refractivity contribution in [3.8, 4) is 22.4 Å². The first-order valence-corrected chi connectivity index (χ1v) is 8.51. The third-order valence-corrected chi connectivity index (χ3v) is 4.92. The minimum Gasteiger partial charge on any atom is -0.375 e. The standard InChI is InChI=1S/C16H11IN4S/c17-21-8-13(14-9-22-16(18)20-14)12-6-11(7-19-15(12)21)10-4-2-1-3-5-10/h1-9H,(H2,18,20). The van der Waals surface area contributed by atoms with E-state index in [1.54, 1.807) is 0 Å². The van der Waals surface area contributed by atoms with Gasteiger partial charge < -0.3 is 5.73 Å². The van der Waals surface area contributed by atoms with E-state index in [9.17, 15) is 0 Å². The summed E-state index contributed by atoms with van der Waals surface area (Å²) in [5, 5.41) is 3.65. The van der Waals surface area contributed by atoms with E-state index in [1.165, 1.54) is 11.3 Å². The van der Waals surface area contributed by atoms with Crippen LogP contribution >= 0.6 is 34.2 Å². The number of thiazole rings is 1. The fraction of sp³-hybridized carbons (Fsp3) is 0.